The first-order chi connectivity index (χ1) is 15.9. The van der Waals surface area contributed by atoms with Crippen molar-refractivity contribution >= 4 is 23.7 Å². The maximum absolute atomic E-state index is 13.0. The van der Waals surface area contributed by atoms with Crippen LogP contribution in [-0.2, 0) is 14.4 Å². The van der Waals surface area contributed by atoms with E-state index in [0.29, 0.717) is 30.9 Å². The average molecular weight is 459 g/mol. The van der Waals surface area contributed by atoms with Gasteiger partial charge in [-0.2, -0.15) is 0 Å². The fourth-order valence-corrected chi connectivity index (χ4v) is 4.47. The normalized spacial score (nSPS) is 20.0. The van der Waals surface area contributed by atoms with Gasteiger partial charge >= 0.3 is 5.97 Å². The molecule has 1 unspecified atom stereocenters. The summed E-state index contributed by atoms with van der Waals surface area (Å²) in [6.45, 7) is 2.43. The number of piperidine rings is 2. The van der Waals surface area contributed by atoms with Crippen molar-refractivity contribution in [1.82, 2.24) is 20.9 Å². The number of nitrogens with one attached hydrogen (secondary N) is 3. The molecule has 2 saturated heterocycles. The lowest BCUT2D eigenvalue weighted by atomic mass is 9.93. The zero-order chi connectivity index (χ0) is 23.6. The average Bonchev–Trinajstić information content (AvgIpc) is 2.83. The molecule has 2 atom stereocenters. The van der Waals surface area contributed by atoms with E-state index in [0.717, 1.165) is 45.2 Å². The molecule has 3 rings (SSSR count). The molecule has 2 aliphatic rings. The highest BCUT2D eigenvalue weighted by Crippen LogP contribution is 2.20. The molecule has 0 aromatic heterocycles. The van der Waals surface area contributed by atoms with Crippen molar-refractivity contribution in [1.29, 1.82) is 0 Å². The largest absolute Gasteiger partial charge is 0.480 e. The molecule has 180 valence electrons. The summed E-state index contributed by atoms with van der Waals surface area (Å²) < 4.78 is 0. The van der Waals surface area contributed by atoms with Crippen LogP contribution in [0, 0.1) is 5.92 Å². The van der Waals surface area contributed by atoms with Gasteiger partial charge in [-0.1, -0.05) is 18.2 Å². The summed E-state index contributed by atoms with van der Waals surface area (Å²) in [4.78, 5) is 51.2. The summed E-state index contributed by atoms with van der Waals surface area (Å²) in [6, 6.07) is 6.94. The van der Waals surface area contributed by atoms with E-state index in [1.165, 1.54) is 0 Å². The summed E-state index contributed by atoms with van der Waals surface area (Å²) in [5, 5.41) is 18.3. The number of carbonyl (C=O) groups excluding carboxylic acids is 3. The van der Waals surface area contributed by atoms with Crippen molar-refractivity contribution < 1.29 is 24.3 Å². The van der Waals surface area contributed by atoms with Gasteiger partial charge in [0, 0.05) is 18.5 Å². The van der Waals surface area contributed by atoms with Gasteiger partial charge in [-0.05, 0) is 69.7 Å². The molecule has 3 amide bonds. The van der Waals surface area contributed by atoms with Gasteiger partial charge in [0.05, 0.1) is 6.42 Å². The van der Waals surface area contributed by atoms with Gasteiger partial charge in [-0.3, -0.25) is 14.4 Å². The Morgan fingerprint density at radius 2 is 1.79 bits per heavy atom. The maximum Gasteiger partial charge on any atom is 0.326 e. The van der Waals surface area contributed by atoms with Crippen LogP contribution in [0.15, 0.2) is 30.3 Å². The molecule has 0 bridgehead atoms. The van der Waals surface area contributed by atoms with Crippen molar-refractivity contribution in [2.45, 2.75) is 63.6 Å². The maximum atomic E-state index is 13.0. The van der Waals surface area contributed by atoms with Crippen LogP contribution in [-0.4, -0.2) is 65.5 Å². The van der Waals surface area contributed by atoms with Crippen LogP contribution in [0.5, 0.6) is 0 Å². The molecule has 0 aliphatic carbocycles. The van der Waals surface area contributed by atoms with Crippen LogP contribution in [0.1, 0.15) is 61.7 Å². The highest BCUT2D eigenvalue weighted by Gasteiger charge is 2.32. The summed E-state index contributed by atoms with van der Waals surface area (Å²) >= 11 is 0. The lowest BCUT2D eigenvalue weighted by Crippen LogP contribution is -2.55. The molecule has 2 aliphatic heterocycles. The molecule has 0 radical (unpaired) electrons. The third-order valence-electron chi connectivity index (χ3n) is 6.41. The predicted molar refractivity (Wildman–Crippen MR) is 122 cm³/mol. The molecule has 9 nitrogen and oxygen atoms in total. The van der Waals surface area contributed by atoms with Gasteiger partial charge < -0.3 is 26.0 Å². The van der Waals surface area contributed by atoms with Crippen LogP contribution in [0.2, 0.25) is 0 Å². The van der Waals surface area contributed by atoms with Crippen LogP contribution in [0.3, 0.4) is 0 Å². The zero-order valence-corrected chi connectivity index (χ0v) is 18.9. The standard InChI is InChI=1S/C24H34N4O5/c29-21(10-9-17-11-13-25-14-12-17)27-20-8-4-5-15-28(20)22(30)16-19(24(32)33)26-23(31)18-6-2-1-3-7-18/h1-3,6-7,17,19-20,25H,4-5,8-16H2,(H,26,31)(H,27,29)(H,32,33)/t19-,20?/m0/s1. The minimum absolute atomic E-state index is 0.0783. The number of hydrogen-bond acceptors (Lipinski definition) is 5. The summed E-state index contributed by atoms with van der Waals surface area (Å²) in [5.41, 5.74) is 0.327. The van der Waals surface area contributed by atoms with E-state index in [1.807, 2.05) is 0 Å². The molecule has 2 fully saturated rings. The number of nitrogens with zero attached hydrogens (tertiary/aromatic N) is 1. The Bertz CT molecular complexity index is 825. The molecule has 4 N–H and O–H groups in total. The van der Waals surface area contributed by atoms with Crippen molar-refractivity contribution in [3.05, 3.63) is 35.9 Å². The quantitative estimate of drug-likeness (QED) is 0.444. The predicted octanol–water partition coefficient (Wildman–Crippen LogP) is 1.49. The van der Waals surface area contributed by atoms with E-state index >= 15 is 0 Å². The highest BCUT2D eigenvalue weighted by molar-refractivity contribution is 5.97. The smallest absolute Gasteiger partial charge is 0.326 e. The van der Waals surface area contributed by atoms with Gasteiger partial charge in [-0.25, -0.2) is 4.79 Å². The van der Waals surface area contributed by atoms with E-state index in [4.69, 9.17) is 0 Å². The van der Waals surface area contributed by atoms with Gasteiger partial charge in [0.1, 0.15) is 12.2 Å². The number of aliphatic carboxylic acids is 1. The molecule has 9 heteroatoms. The lowest BCUT2D eigenvalue weighted by molar-refractivity contribution is -0.145. The fraction of sp³-hybridized carbons (Fsp3) is 0.583. The topological polar surface area (TPSA) is 128 Å². The fourth-order valence-electron chi connectivity index (χ4n) is 4.47. The van der Waals surface area contributed by atoms with Crippen molar-refractivity contribution in [3.8, 4) is 0 Å². The Balaban J connectivity index is 1.54. The number of carboxylic acid groups (broad SMARTS) is 1. The second-order valence-electron chi connectivity index (χ2n) is 8.83. The first-order valence-electron chi connectivity index (χ1n) is 11.8. The number of amides is 3. The second kappa shape index (κ2) is 12.3. The SMILES string of the molecule is O=C(CCC1CCNCC1)NC1CCCCN1C(=O)C[C@H](NC(=O)c1ccccc1)C(=O)O. The summed E-state index contributed by atoms with van der Waals surface area (Å²) in [7, 11) is 0. The van der Waals surface area contributed by atoms with Gasteiger partial charge in [0.2, 0.25) is 11.8 Å². The van der Waals surface area contributed by atoms with Crippen molar-refractivity contribution in [3.63, 3.8) is 0 Å². The molecule has 0 spiro atoms. The molecule has 2 heterocycles. The Kier molecular flexibility index (Phi) is 9.24. The number of hydrogen-bond donors (Lipinski definition) is 4. The Morgan fingerprint density at radius 3 is 2.48 bits per heavy atom. The number of carbonyl (C=O) groups is 4. The first-order valence-corrected chi connectivity index (χ1v) is 11.8. The minimum atomic E-state index is -1.34. The number of benzene rings is 1. The van der Waals surface area contributed by atoms with Gasteiger partial charge in [0.25, 0.3) is 5.91 Å². The molecule has 33 heavy (non-hydrogen) atoms. The summed E-state index contributed by atoms with van der Waals surface area (Å²) in [5.74, 6) is -1.74. The van der Waals surface area contributed by atoms with E-state index in [1.54, 1.807) is 35.2 Å². The van der Waals surface area contributed by atoms with Crippen molar-refractivity contribution in [2.75, 3.05) is 19.6 Å². The monoisotopic (exact) mass is 458 g/mol. The second-order valence-corrected chi connectivity index (χ2v) is 8.83. The third-order valence-corrected chi connectivity index (χ3v) is 6.41. The molecule has 0 saturated carbocycles. The molecule has 1 aromatic rings. The minimum Gasteiger partial charge on any atom is -0.480 e. The van der Waals surface area contributed by atoms with Crippen LogP contribution in [0.25, 0.3) is 0 Å². The first kappa shape index (κ1) is 24.7. The third kappa shape index (κ3) is 7.56. The van der Waals surface area contributed by atoms with Gasteiger partial charge in [0.15, 0.2) is 0 Å². The Labute approximate surface area is 194 Å². The van der Waals surface area contributed by atoms with Gasteiger partial charge in [-0.15, -0.1) is 0 Å². The van der Waals surface area contributed by atoms with E-state index < -0.39 is 24.1 Å². The number of carboxylic acids is 1. The van der Waals surface area contributed by atoms with Crippen LogP contribution in [0.4, 0.5) is 0 Å². The van der Waals surface area contributed by atoms with Crippen LogP contribution >= 0.6 is 0 Å². The Morgan fingerprint density at radius 1 is 1.06 bits per heavy atom. The zero-order valence-electron chi connectivity index (χ0n) is 18.9. The van der Waals surface area contributed by atoms with E-state index in [-0.39, 0.29) is 18.2 Å². The summed E-state index contributed by atoms with van der Waals surface area (Å²) in [6.07, 6.45) is 4.92. The van der Waals surface area contributed by atoms with Crippen LogP contribution < -0.4 is 16.0 Å². The highest BCUT2D eigenvalue weighted by atomic mass is 16.4. The molecular formula is C24H34N4O5. The van der Waals surface area contributed by atoms with Crippen molar-refractivity contribution in [2.24, 2.45) is 5.92 Å². The Hall–Kier alpha value is -2.94. The molecule has 1 aromatic carbocycles. The molecular weight excluding hydrogens is 424 g/mol. The lowest BCUT2D eigenvalue weighted by Gasteiger charge is -2.37. The van der Waals surface area contributed by atoms with E-state index in [2.05, 4.69) is 16.0 Å². The number of likely N-dealkylation sites (tertiary alicyclic amines) is 1. The van der Waals surface area contributed by atoms with E-state index in [9.17, 15) is 24.3 Å². The number of rotatable bonds is 9.